The molecule has 0 fully saturated rings. The molecule has 1 aromatic carbocycles. The number of halogens is 1. The molecule has 0 radical (unpaired) electrons. The summed E-state index contributed by atoms with van der Waals surface area (Å²) in [7, 11) is 0. The Hall–Kier alpha value is -1.72. The lowest BCUT2D eigenvalue weighted by molar-refractivity contribution is -0.117. The summed E-state index contributed by atoms with van der Waals surface area (Å²) in [5.74, 6) is -0.215. The highest BCUT2D eigenvalue weighted by Gasteiger charge is 2.14. The first-order chi connectivity index (χ1) is 9.15. The number of carbonyl (C=O) groups is 1. The average molecular weight is 320 g/mol. The van der Waals surface area contributed by atoms with Crippen LogP contribution in [0.25, 0.3) is 0 Å². The summed E-state index contributed by atoms with van der Waals surface area (Å²) in [6, 6.07) is 12.6. The molecule has 2 rings (SSSR count). The number of nitrogens with zero attached hydrogens (tertiary/aromatic N) is 1. The molecule has 98 valence electrons. The molecule has 2 aromatic rings. The molecule has 19 heavy (non-hydrogen) atoms. The lowest BCUT2D eigenvalue weighted by Crippen LogP contribution is -2.37. The SMILES string of the molecule is N[C@H](Cc1ccccc1)C(=O)Nc1ccc(Br)nc1. The van der Waals surface area contributed by atoms with Gasteiger partial charge in [0.25, 0.3) is 0 Å². The maximum atomic E-state index is 11.9. The van der Waals surface area contributed by atoms with Gasteiger partial charge in [-0.2, -0.15) is 0 Å². The van der Waals surface area contributed by atoms with Gasteiger partial charge in [-0.15, -0.1) is 0 Å². The van der Waals surface area contributed by atoms with Gasteiger partial charge in [0.15, 0.2) is 0 Å². The van der Waals surface area contributed by atoms with Gasteiger partial charge in [0, 0.05) is 0 Å². The third-order valence-corrected chi connectivity index (χ3v) is 3.10. The van der Waals surface area contributed by atoms with E-state index in [1.165, 1.54) is 0 Å². The van der Waals surface area contributed by atoms with Gasteiger partial charge in [0.1, 0.15) is 4.60 Å². The molecule has 0 unspecified atom stereocenters. The summed E-state index contributed by atoms with van der Waals surface area (Å²) < 4.78 is 0.721. The van der Waals surface area contributed by atoms with Crippen molar-refractivity contribution >= 4 is 27.5 Å². The number of aromatic nitrogens is 1. The van der Waals surface area contributed by atoms with Gasteiger partial charge in [-0.3, -0.25) is 4.79 Å². The van der Waals surface area contributed by atoms with Crippen molar-refractivity contribution < 1.29 is 4.79 Å². The summed E-state index contributed by atoms with van der Waals surface area (Å²) >= 11 is 3.24. The minimum absolute atomic E-state index is 0.215. The van der Waals surface area contributed by atoms with E-state index >= 15 is 0 Å². The first kappa shape index (κ1) is 13.7. The molecule has 1 amide bonds. The van der Waals surface area contributed by atoms with Crippen LogP contribution in [0.15, 0.2) is 53.3 Å². The minimum atomic E-state index is -0.578. The molecule has 1 aromatic heterocycles. The Labute approximate surface area is 120 Å². The van der Waals surface area contributed by atoms with Crippen LogP contribution in [0.5, 0.6) is 0 Å². The summed E-state index contributed by atoms with van der Waals surface area (Å²) in [6.07, 6.45) is 2.09. The summed E-state index contributed by atoms with van der Waals surface area (Å²) in [4.78, 5) is 16.0. The molecule has 0 bridgehead atoms. The smallest absolute Gasteiger partial charge is 0.241 e. The number of rotatable bonds is 4. The van der Waals surface area contributed by atoms with E-state index in [0.29, 0.717) is 12.1 Å². The topological polar surface area (TPSA) is 68.0 Å². The minimum Gasteiger partial charge on any atom is -0.323 e. The van der Waals surface area contributed by atoms with Crippen LogP contribution in [-0.2, 0) is 11.2 Å². The van der Waals surface area contributed by atoms with Gasteiger partial charge < -0.3 is 11.1 Å². The fraction of sp³-hybridized carbons (Fsp3) is 0.143. The number of hydrogen-bond acceptors (Lipinski definition) is 3. The van der Waals surface area contributed by atoms with Gasteiger partial charge in [-0.05, 0) is 40.0 Å². The Morgan fingerprint density at radius 1 is 1.26 bits per heavy atom. The van der Waals surface area contributed by atoms with E-state index in [4.69, 9.17) is 5.73 Å². The zero-order valence-electron chi connectivity index (χ0n) is 10.2. The van der Waals surface area contributed by atoms with Gasteiger partial charge in [0.05, 0.1) is 17.9 Å². The Kier molecular flexibility index (Phi) is 4.65. The average Bonchev–Trinajstić information content (AvgIpc) is 2.42. The lowest BCUT2D eigenvalue weighted by atomic mass is 10.1. The monoisotopic (exact) mass is 319 g/mol. The summed E-state index contributed by atoms with van der Waals surface area (Å²) in [6.45, 7) is 0. The van der Waals surface area contributed by atoms with E-state index in [9.17, 15) is 4.79 Å². The van der Waals surface area contributed by atoms with E-state index in [2.05, 4.69) is 26.2 Å². The first-order valence-corrected chi connectivity index (χ1v) is 6.66. The number of pyridine rings is 1. The normalized spacial score (nSPS) is 11.9. The number of anilines is 1. The second-order valence-electron chi connectivity index (χ2n) is 4.16. The third-order valence-electron chi connectivity index (χ3n) is 2.63. The predicted octanol–water partition coefficient (Wildman–Crippen LogP) is 2.35. The Morgan fingerprint density at radius 2 is 2.00 bits per heavy atom. The first-order valence-electron chi connectivity index (χ1n) is 5.87. The number of hydrogen-bond donors (Lipinski definition) is 2. The number of nitrogens with one attached hydrogen (secondary N) is 1. The Balaban J connectivity index is 1.94. The van der Waals surface area contributed by atoms with Gasteiger partial charge in [-0.1, -0.05) is 30.3 Å². The molecular formula is C14H14BrN3O. The molecule has 5 heteroatoms. The molecule has 3 N–H and O–H groups in total. The highest BCUT2D eigenvalue weighted by Crippen LogP contribution is 2.11. The van der Waals surface area contributed by atoms with Crippen molar-refractivity contribution in [3.63, 3.8) is 0 Å². The van der Waals surface area contributed by atoms with Crippen LogP contribution < -0.4 is 11.1 Å². The van der Waals surface area contributed by atoms with E-state index in [1.54, 1.807) is 18.3 Å². The van der Waals surface area contributed by atoms with Crippen LogP contribution in [0.2, 0.25) is 0 Å². The molecule has 0 aliphatic rings. The molecular weight excluding hydrogens is 306 g/mol. The van der Waals surface area contributed by atoms with Crippen LogP contribution in [0.4, 0.5) is 5.69 Å². The third kappa shape index (κ3) is 4.15. The molecule has 0 aliphatic heterocycles. The predicted molar refractivity (Wildman–Crippen MR) is 78.7 cm³/mol. The van der Waals surface area contributed by atoms with Crippen molar-refractivity contribution in [3.8, 4) is 0 Å². The lowest BCUT2D eigenvalue weighted by Gasteiger charge is -2.12. The van der Waals surface area contributed by atoms with E-state index < -0.39 is 6.04 Å². The van der Waals surface area contributed by atoms with E-state index in [-0.39, 0.29) is 5.91 Å². The van der Waals surface area contributed by atoms with Gasteiger partial charge in [0.2, 0.25) is 5.91 Å². The highest BCUT2D eigenvalue weighted by molar-refractivity contribution is 9.10. The maximum absolute atomic E-state index is 11.9. The maximum Gasteiger partial charge on any atom is 0.241 e. The number of amides is 1. The quantitative estimate of drug-likeness (QED) is 0.850. The van der Waals surface area contributed by atoms with Crippen molar-refractivity contribution in [1.29, 1.82) is 0 Å². The molecule has 1 heterocycles. The van der Waals surface area contributed by atoms with Crippen molar-refractivity contribution in [2.75, 3.05) is 5.32 Å². The van der Waals surface area contributed by atoms with Crippen molar-refractivity contribution in [3.05, 3.63) is 58.8 Å². The van der Waals surface area contributed by atoms with Crippen LogP contribution in [0.1, 0.15) is 5.56 Å². The van der Waals surface area contributed by atoms with Crippen LogP contribution >= 0.6 is 15.9 Å². The number of carbonyl (C=O) groups excluding carboxylic acids is 1. The van der Waals surface area contributed by atoms with Gasteiger partial charge >= 0.3 is 0 Å². The molecule has 0 saturated heterocycles. The summed E-state index contributed by atoms with van der Waals surface area (Å²) in [5, 5.41) is 2.74. The van der Waals surface area contributed by atoms with E-state index in [0.717, 1.165) is 10.2 Å². The number of nitrogens with two attached hydrogens (primary N) is 1. The Morgan fingerprint density at radius 3 is 2.63 bits per heavy atom. The zero-order valence-corrected chi connectivity index (χ0v) is 11.8. The molecule has 0 saturated carbocycles. The molecule has 0 aliphatic carbocycles. The van der Waals surface area contributed by atoms with Crippen LogP contribution in [0, 0.1) is 0 Å². The second kappa shape index (κ2) is 6.45. The standard InChI is InChI=1S/C14H14BrN3O/c15-13-7-6-11(9-17-13)18-14(19)12(16)8-10-4-2-1-3-5-10/h1-7,9,12H,8,16H2,(H,18,19)/t12-/m1/s1. The summed E-state index contributed by atoms with van der Waals surface area (Å²) in [5.41, 5.74) is 7.56. The largest absolute Gasteiger partial charge is 0.323 e. The highest BCUT2D eigenvalue weighted by atomic mass is 79.9. The molecule has 0 spiro atoms. The fourth-order valence-electron chi connectivity index (χ4n) is 1.65. The van der Waals surface area contributed by atoms with Crippen molar-refractivity contribution in [2.24, 2.45) is 5.73 Å². The van der Waals surface area contributed by atoms with E-state index in [1.807, 2.05) is 30.3 Å². The van der Waals surface area contributed by atoms with Crippen molar-refractivity contribution in [2.45, 2.75) is 12.5 Å². The van der Waals surface area contributed by atoms with Crippen molar-refractivity contribution in [1.82, 2.24) is 4.98 Å². The zero-order chi connectivity index (χ0) is 13.7. The van der Waals surface area contributed by atoms with Gasteiger partial charge in [-0.25, -0.2) is 4.98 Å². The van der Waals surface area contributed by atoms with Crippen LogP contribution in [0.3, 0.4) is 0 Å². The molecule has 4 nitrogen and oxygen atoms in total. The Bertz CT molecular complexity index is 542. The fourth-order valence-corrected chi connectivity index (χ4v) is 1.88. The van der Waals surface area contributed by atoms with Crippen LogP contribution in [-0.4, -0.2) is 16.9 Å². The second-order valence-corrected chi connectivity index (χ2v) is 4.97. The number of benzene rings is 1. The molecule has 1 atom stereocenters.